The first-order chi connectivity index (χ1) is 9.81. The molecule has 0 bridgehead atoms. The van der Waals surface area contributed by atoms with Gasteiger partial charge in [-0.2, -0.15) is 0 Å². The maximum atomic E-state index is 12.5. The summed E-state index contributed by atoms with van der Waals surface area (Å²) in [4.78, 5) is 12.7. The van der Waals surface area contributed by atoms with Crippen LogP contribution in [0.4, 0.5) is 5.69 Å². The third-order valence-electron chi connectivity index (χ3n) is 3.28. The predicted molar refractivity (Wildman–Crippen MR) is 90.9 cm³/mol. The predicted octanol–water partition coefficient (Wildman–Crippen LogP) is 3.85. The molecule has 4 nitrogen and oxygen atoms in total. The number of anilines is 1. The third kappa shape index (κ3) is 3.16. The molecular formula is C15H15BrN2O2S. The van der Waals surface area contributed by atoms with Crippen molar-refractivity contribution in [3.63, 3.8) is 0 Å². The van der Waals surface area contributed by atoms with Crippen molar-refractivity contribution in [2.45, 2.75) is 20.8 Å². The van der Waals surface area contributed by atoms with Crippen LogP contribution in [0.25, 0.3) is 0 Å². The van der Waals surface area contributed by atoms with Gasteiger partial charge in [0.15, 0.2) is 0 Å². The van der Waals surface area contributed by atoms with Gasteiger partial charge in [-0.1, -0.05) is 28.1 Å². The van der Waals surface area contributed by atoms with Crippen LogP contribution in [0.5, 0.6) is 0 Å². The van der Waals surface area contributed by atoms with Crippen molar-refractivity contribution >= 4 is 44.7 Å². The van der Waals surface area contributed by atoms with E-state index in [9.17, 15) is 4.79 Å². The fourth-order valence-corrected chi connectivity index (χ4v) is 2.67. The summed E-state index contributed by atoms with van der Waals surface area (Å²) < 4.78 is 6.32. The third-order valence-corrected chi connectivity index (χ3v) is 4.00. The molecule has 0 saturated carbocycles. The van der Waals surface area contributed by atoms with E-state index in [1.165, 1.54) is 0 Å². The fraction of sp³-hybridized carbons (Fsp3) is 0.200. The van der Waals surface area contributed by atoms with Crippen LogP contribution in [0, 0.1) is 20.8 Å². The molecule has 1 heterocycles. The molecule has 1 aromatic heterocycles. The number of nitrogens with one attached hydrogen (secondary N) is 1. The Balaban J connectivity index is 2.38. The zero-order valence-corrected chi connectivity index (χ0v) is 14.3. The molecule has 0 fully saturated rings. The van der Waals surface area contributed by atoms with Gasteiger partial charge in [-0.25, -0.2) is 0 Å². The first-order valence-corrected chi connectivity index (χ1v) is 7.48. The first kappa shape index (κ1) is 15.7. The van der Waals surface area contributed by atoms with Gasteiger partial charge in [0.05, 0.1) is 11.3 Å². The number of hydrogen-bond donors (Lipinski definition) is 2. The largest absolute Gasteiger partial charge is 0.466 e. The standard InChI is InChI=1S/C15H15BrN2O2S/c1-7-8(2)20-9(3)13(7)15(19)18-12-5-4-10(16)6-11(12)14(17)21/h4-6H,1-3H3,(H2,17,21)(H,18,19). The van der Waals surface area contributed by atoms with E-state index in [1.54, 1.807) is 19.1 Å². The molecule has 110 valence electrons. The van der Waals surface area contributed by atoms with Crippen LogP contribution in [0.15, 0.2) is 27.1 Å². The van der Waals surface area contributed by atoms with E-state index < -0.39 is 0 Å². The number of halogens is 1. The number of furan rings is 1. The summed E-state index contributed by atoms with van der Waals surface area (Å²) in [6.45, 7) is 5.46. The van der Waals surface area contributed by atoms with Crippen LogP contribution in [0.3, 0.4) is 0 Å². The minimum absolute atomic E-state index is 0.225. The van der Waals surface area contributed by atoms with Crippen molar-refractivity contribution < 1.29 is 9.21 Å². The number of aryl methyl sites for hydroxylation is 2. The molecule has 0 aliphatic heterocycles. The molecule has 0 atom stereocenters. The number of nitrogens with two attached hydrogens (primary N) is 1. The van der Waals surface area contributed by atoms with Gasteiger partial charge in [0, 0.05) is 15.6 Å². The maximum absolute atomic E-state index is 12.5. The van der Waals surface area contributed by atoms with Gasteiger partial charge in [-0.15, -0.1) is 0 Å². The topological polar surface area (TPSA) is 68.3 Å². The number of rotatable bonds is 3. The molecule has 6 heteroatoms. The van der Waals surface area contributed by atoms with Crippen molar-refractivity contribution in [1.29, 1.82) is 0 Å². The highest BCUT2D eigenvalue weighted by atomic mass is 79.9. The molecule has 0 unspecified atom stereocenters. The highest BCUT2D eigenvalue weighted by molar-refractivity contribution is 9.10. The van der Waals surface area contributed by atoms with E-state index in [0.717, 1.165) is 15.8 Å². The maximum Gasteiger partial charge on any atom is 0.259 e. The zero-order valence-electron chi connectivity index (χ0n) is 11.9. The number of benzene rings is 1. The van der Waals surface area contributed by atoms with Crippen LogP contribution in [0.1, 0.15) is 33.0 Å². The Morgan fingerprint density at radius 1 is 1.29 bits per heavy atom. The summed E-state index contributed by atoms with van der Waals surface area (Å²) in [6.07, 6.45) is 0. The number of carbonyl (C=O) groups excluding carboxylic acids is 1. The smallest absolute Gasteiger partial charge is 0.259 e. The Morgan fingerprint density at radius 3 is 2.48 bits per heavy atom. The van der Waals surface area contributed by atoms with Gasteiger partial charge in [0.25, 0.3) is 5.91 Å². The van der Waals surface area contributed by atoms with Crippen LogP contribution < -0.4 is 11.1 Å². The molecule has 1 amide bonds. The zero-order chi connectivity index (χ0) is 15.7. The highest BCUT2D eigenvalue weighted by Gasteiger charge is 2.19. The number of hydrogen-bond acceptors (Lipinski definition) is 3. The van der Waals surface area contributed by atoms with Gasteiger partial charge >= 0.3 is 0 Å². The van der Waals surface area contributed by atoms with Crippen LogP contribution in [0.2, 0.25) is 0 Å². The summed E-state index contributed by atoms with van der Waals surface area (Å²) in [5.41, 5.74) is 8.27. The number of amides is 1. The van der Waals surface area contributed by atoms with Crippen molar-refractivity contribution in [3.05, 3.63) is 50.9 Å². The van der Waals surface area contributed by atoms with Crippen molar-refractivity contribution in [1.82, 2.24) is 0 Å². The second-order valence-corrected chi connectivity index (χ2v) is 6.08. The monoisotopic (exact) mass is 366 g/mol. The lowest BCUT2D eigenvalue weighted by Crippen LogP contribution is -2.18. The van der Waals surface area contributed by atoms with Crippen LogP contribution >= 0.6 is 28.1 Å². The average Bonchev–Trinajstić information content (AvgIpc) is 2.65. The number of thiocarbonyl (C=S) groups is 1. The molecule has 3 N–H and O–H groups in total. The normalized spacial score (nSPS) is 10.5. The second kappa shape index (κ2) is 5.99. The molecule has 0 radical (unpaired) electrons. The molecular weight excluding hydrogens is 352 g/mol. The molecule has 1 aromatic carbocycles. The van der Waals surface area contributed by atoms with Gasteiger partial charge < -0.3 is 15.5 Å². The minimum atomic E-state index is -0.235. The lowest BCUT2D eigenvalue weighted by atomic mass is 10.1. The Bertz CT molecular complexity index is 738. The molecule has 2 rings (SSSR count). The SMILES string of the molecule is Cc1oc(C)c(C(=O)Nc2ccc(Br)cc2C(N)=S)c1C. The van der Waals surface area contributed by atoms with Gasteiger partial charge in [0.1, 0.15) is 16.5 Å². The van der Waals surface area contributed by atoms with E-state index in [4.69, 9.17) is 22.4 Å². The van der Waals surface area contributed by atoms with Crippen LogP contribution in [-0.2, 0) is 0 Å². The Kier molecular flexibility index (Phi) is 4.49. The average molecular weight is 367 g/mol. The van der Waals surface area contributed by atoms with E-state index in [2.05, 4.69) is 21.2 Å². The fourth-order valence-electron chi connectivity index (χ4n) is 2.14. The summed E-state index contributed by atoms with van der Waals surface area (Å²) in [5.74, 6) is 1.10. The minimum Gasteiger partial charge on any atom is -0.466 e. The summed E-state index contributed by atoms with van der Waals surface area (Å²) in [6, 6.07) is 5.35. The lowest BCUT2D eigenvalue weighted by Gasteiger charge is -2.11. The molecule has 0 aliphatic rings. The van der Waals surface area contributed by atoms with Gasteiger partial charge in [0.2, 0.25) is 0 Å². The molecule has 0 aliphatic carbocycles. The molecule has 0 saturated heterocycles. The number of carbonyl (C=O) groups is 1. The van der Waals surface area contributed by atoms with Crippen molar-refractivity contribution in [2.75, 3.05) is 5.32 Å². The first-order valence-electron chi connectivity index (χ1n) is 6.28. The second-order valence-electron chi connectivity index (χ2n) is 4.72. The summed E-state index contributed by atoms with van der Waals surface area (Å²) in [7, 11) is 0. The summed E-state index contributed by atoms with van der Waals surface area (Å²) >= 11 is 8.38. The Morgan fingerprint density at radius 2 is 1.95 bits per heavy atom. The highest BCUT2D eigenvalue weighted by Crippen LogP contribution is 2.25. The van der Waals surface area contributed by atoms with Gasteiger partial charge in [-0.05, 0) is 39.0 Å². The van der Waals surface area contributed by atoms with Crippen molar-refractivity contribution in [3.8, 4) is 0 Å². The van der Waals surface area contributed by atoms with Gasteiger partial charge in [-0.3, -0.25) is 4.79 Å². The van der Waals surface area contributed by atoms with E-state index in [-0.39, 0.29) is 10.9 Å². The molecule has 2 aromatic rings. The van der Waals surface area contributed by atoms with Crippen LogP contribution in [-0.4, -0.2) is 10.9 Å². The summed E-state index contributed by atoms with van der Waals surface area (Å²) in [5, 5.41) is 2.84. The molecule has 0 spiro atoms. The van der Waals surface area contributed by atoms with E-state index >= 15 is 0 Å². The van der Waals surface area contributed by atoms with E-state index in [0.29, 0.717) is 22.6 Å². The molecule has 21 heavy (non-hydrogen) atoms. The quantitative estimate of drug-likeness (QED) is 0.809. The lowest BCUT2D eigenvalue weighted by molar-refractivity contribution is 0.102. The Hall–Kier alpha value is -1.66. The Labute approximate surface area is 136 Å². The van der Waals surface area contributed by atoms with Crippen molar-refractivity contribution in [2.24, 2.45) is 5.73 Å². The van der Waals surface area contributed by atoms with E-state index in [1.807, 2.05) is 19.9 Å².